The number of amides is 1. The molecule has 0 radical (unpaired) electrons. The van der Waals surface area contributed by atoms with Gasteiger partial charge >= 0.3 is 0 Å². The quantitative estimate of drug-likeness (QED) is 0.891. The Kier molecular flexibility index (Phi) is 4.80. The van der Waals surface area contributed by atoms with Crippen LogP contribution in [-0.4, -0.2) is 17.6 Å². The minimum Gasteiger partial charge on any atom is -0.383 e. The Hall–Kier alpha value is -1.65. The van der Waals surface area contributed by atoms with E-state index in [1.807, 2.05) is 55.6 Å². The topological polar surface area (TPSA) is 49.3 Å². The molecule has 2 unspecified atom stereocenters. The minimum atomic E-state index is -1.03. The number of aryl methyl sites for hydroxylation is 1. The summed E-state index contributed by atoms with van der Waals surface area (Å²) < 4.78 is 0. The van der Waals surface area contributed by atoms with Crippen LogP contribution in [0.2, 0.25) is 0 Å². The number of aliphatic hydroxyl groups is 1. The molecule has 0 saturated heterocycles. The van der Waals surface area contributed by atoms with E-state index < -0.39 is 5.60 Å². The highest BCUT2D eigenvalue weighted by Gasteiger charge is 2.26. The first kappa shape index (κ1) is 15.7. The van der Waals surface area contributed by atoms with Crippen LogP contribution in [0, 0.1) is 6.92 Å². The van der Waals surface area contributed by atoms with Crippen molar-refractivity contribution in [2.24, 2.45) is 0 Å². The van der Waals surface area contributed by atoms with Crippen LogP contribution in [0.25, 0.3) is 0 Å². The summed E-state index contributed by atoms with van der Waals surface area (Å²) in [4.78, 5) is 13.1. The van der Waals surface area contributed by atoms with Gasteiger partial charge in [0.1, 0.15) is 5.60 Å². The summed E-state index contributed by atoms with van der Waals surface area (Å²) in [5.41, 5.74) is 1.09. The molecule has 0 spiro atoms. The minimum absolute atomic E-state index is 0.0718. The molecule has 0 aliphatic heterocycles. The molecule has 2 atom stereocenters. The lowest BCUT2D eigenvalue weighted by molar-refractivity contribution is -0.123. The van der Waals surface area contributed by atoms with Gasteiger partial charge in [-0.15, -0.1) is 11.3 Å². The SMILES string of the molecule is Cc1cccc(C(C)C(=O)NCC(C)(O)c2cccs2)c1. The van der Waals surface area contributed by atoms with Crippen molar-refractivity contribution in [2.45, 2.75) is 32.3 Å². The van der Waals surface area contributed by atoms with Gasteiger partial charge in [-0.05, 0) is 37.8 Å². The van der Waals surface area contributed by atoms with E-state index in [2.05, 4.69) is 5.32 Å². The Morgan fingerprint density at radius 1 is 1.38 bits per heavy atom. The number of rotatable bonds is 5. The van der Waals surface area contributed by atoms with E-state index in [4.69, 9.17) is 0 Å². The third kappa shape index (κ3) is 3.93. The van der Waals surface area contributed by atoms with E-state index in [0.29, 0.717) is 0 Å². The lowest BCUT2D eigenvalue weighted by atomic mass is 9.98. The van der Waals surface area contributed by atoms with Gasteiger partial charge in [-0.2, -0.15) is 0 Å². The van der Waals surface area contributed by atoms with Crippen molar-refractivity contribution in [1.29, 1.82) is 0 Å². The number of benzene rings is 1. The molecule has 0 aliphatic rings. The van der Waals surface area contributed by atoms with E-state index >= 15 is 0 Å². The first-order chi connectivity index (χ1) is 9.90. The van der Waals surface area contributed by atoms with E-state index in [1.165, 1.54) is 11.3 Å². The van der Waals surface area contributed by atoms with Gasteiger partial charge in [-0.25, -0.2) is 0 Å². The van der Waals surface area contributed by atoms with Gasteiger partial charge in [0.25, 0.3) is 0 Å². The van der Waals surface area contributed by atoms with Crippen LogP contribution in [0.1, 0.15) is 35.8 Å². The molecule has 4 heteroatoms. The molecule has 0 bridgehead atoms. The van der Waals surface area contributed by atoms with Crippen LogP contribution in [0.5, 0.6) is 0 Å². The number of carbonyl (C=O) groups is 1. The van der Waals surface area contributed by atoms with E-state index in [-0.39, 0.29) is 18.4 Å². The molecule has 0 fully saturated rings. The zero-order chi connectivity index (χ0) is 15.5. The second kappa shape index (κ2) is 6.41. The van der Waals surface area contributed by atoms with Gasteiger partial charge < -0.3 is 10.4 Å². The van der Waals surface area contributed by atoms with E-state index in [9.17, 15) is 9.90 Å². The van der Waals surface area contributed by atoms with Crippen LogP contribution in [0.15, 0.2) is 41.8 Å². The zero-order valence-corrected chi connectivity index (χ0v) is 13.4. The van der Waals surface area contributed by atoms with Crippen molar-refractivity contribution < 1.29 is 9.90 Å². The lowest BCUT2D eigenvalue weighted by Gasteiger charge is -2.23. The zero-order valence-electron chi connectivity index (χ0n) is 12.6. The molecule has 1 aromatic heterocycles. The molecular formula is C17H21NO2S. The van der Waals surface area contributed by atoms with Crippen LogP contribution < -0.4 is 5.32 Å². The van der Waals surface area contributed by atoms with Crippen molar-refractivity contribution in [3.8, 4) is 0 Å². The maximum atomic E-state index is 12.3. The summed E-state index contributed by atoms with van der Waals surface area (Å²) in [6, 6.07) is 11.7. The number of hydrogen-bond acceptors (Lipinski definition) is 3. The molecular weight excluding hydrogens is 282 g/mol. The summed E-state index contributed by atoms with van der Waals surface area (Å²) in [6.07, 6.45) is 0. The Bertz CT molecular complexity index is 605. The Balaban J connectivity index is 1.98. The second-order valence-electron chi connectivity index (χ2n) is 5.60. The van der Waals surface area contributed by atoms with E-state index in [1.54, 1.807) is 6.92 Å². The predicted molar refractivity (Wildman–Crippen MR) is 86.5 cm³/mol. The number of thiophene rings is 1. The van der Waals surface area contributed by atoms with Gasteiger partial charge in [-0.3, -0.25) is 4.79 Å². The normalized spacial score (nSPS) is 15.2. The fourth-order valence-electron chi connectivity index (χ4n) is 2.18. The first-order valence-corrected chi connectivity index (χ1v) is 7.89. The molecule has 112 valence electrons. The summed E-state index contributed by atoms with van der Waals surface area (Å²) in [7, 11) is 0. The van der Waals surface area contributed by atoms with Gasteiger partial charge in [0, 0.05) is 4.88 Å². The fourth-order valence-corrected chi connectivity index (χ4v) is 2.96. The second-order valence-corrected chi connectivity index (χ2v) is 6.55. The highest BCUT2D eigenvalue weighted by molar-refractivity contribution is 7.10. The molecule has 2 rings (SSSR count). The number of hydrogen-bond donors (Lipinski definition) is 2. The van der Waals surface area contributed by atoms with Crippen molar-refractivity contribution in [3.63, 3.8) is 0 Å². The predicted octanol–water partition coefficient (Wildman–Crippen LogP) is 3.18. The van der Waals surface area contributed by atoms with Crippen molar-refractivity contribution >= 4 is 17.2 Å². The molecule has 3 nitrogen and oxygen atoms in total. The van der Waals surface area contributed by atoms with Crippen LogP contribution >= 0.6 is 11.3 Å². The average Bonchev–Trinajstić information content (AvgIpc) is 2.99. The molecule has 2 N–H and O–H groups in total. The largest absolute Gasteiger partial charge is 0.383 e. The average molecular weight is 303 g/mol. The maximum Gasteiger partial charge on any atom is 0.227 e. The van der Waals surface area contributed by atoms with Gasteiger partial charge in [0.2, 0.25) is 5.91 Å². The molecule has 1 amide bonds. The smallest absolute Gasteiger partial charge is 0.227 e. The van der Waals surface area contributed by atoms with E-state index in [0.717, 1.165) is 16.0 Å². The van der Waals surface area contributed by atoms with Gasteiger partial charge in [0.05, 0.1) is 12.5 Å². The van der Waals surface area contributed by atoms with Crippen molar-refractivity contribution in [3.05, 3.63) is 57.8 Å². The Morgan fingerprint density at radius 2 is 2.14 bits per heavy atom. The third-order valence-electron chi connectivity index (χ3n) is 3.59. The molecule has 1 heterocycles. The van der Waals surface area contributed by atoms with Gasteiger partial charge in [0.15, 0.2) is 0 Å². The van der Waals surface area contributed by atoms with Crippen molar-refractivity contribution in [1.82, 2.24) is 5.32 Å². The highest BCUT2D eigenvalue weighted by atomic mass is 32.1. The monoisotopic (exact) mass is 303 g/mol. The van der Waals surface area contributed by atoms with Crippen molar-refractivity contribution in [2.75, 3.05) is 6.54 Å². The Morgan fingerprint density at radius 3 is 2.76 bits per heavy atom. The summed E-state index contributed by atoms with van der Waals surface area (Å²) >= 11 is 1.49. The summed E-state index contributed by atoms with van der Waals surface area (Å²) in [5.74, 6) is -0.304. The fraction of sp³-hybridized carbons (Fsp3) is 0.353. The lowest BCUT2D eigenvalue weighted by Crippen LogP contribution is -2.39. The number of nitrogens with one attached hydrogen (secondary N) is 1. The van der Waals surface area contributed by atoms with Crippen LogP contribution in [0.3, 0.4) is 0 Å². The first-order valence-electron chi connectivity index (χ1n) is 7.01. The molecule has 21 heavy (non-hydrogen) atoms. The molecule has 1 aromatic carbocycles. The standard InChI is InChI=1S/C17H21NO2S/c1-12-6-4-7-14(10-12)13(2)16(19)18-11-17(3,20)15-8-5-9-21-15/h4-10,13,20H,11H2,1-3H3,(H,18,19). The number of carbonyl (C=O) groups excluding carboxylic acids is 1. The highest BCUT2D eigenvalue weighted by Crippen LogP contribution is 2.25. The summed E-state index contributed by atoms with van der Waals surface area (Å²) in [6.45, 7) is 5.82. The maximum absolute atomic E-state index is 12.3. The molecule has 0 aliphatic carbocycles. The van der Waals surface area contributed by atoms with Crippen LogP contribution in [-0.2, 0) is 10.4 Å². The summed E-state index contributed by atoms with van der Waals surface area (Å²) in [5, 5.41) is 15.2. The molecule has 2 aromatic rings. The van der Waals surface area contributed by atoms with Gasteiger partial charge in [-0.1, -0.05) is 35.9 Å². The Labute approximate surface area is 129 Å². The molecule has 0 saturated carbocycles. The van der Waals surface area contributed by atoms with Crippen LogP contribution in [0.4, 0.5) is 0 Å². The third-order valence-corrected chi connectivity index (χ3v) is 4.72.